The molecule has 5 nitrogen and oxygen atoms in total. The molecular formula is C21H19ClFN3O2. The van der Waals surface area contributed by atoms with Gasteiger partial charge >= 0.3 is 0 Å². The number of hydrogen-bond donors (Lipinski definition) is 1. The van der Waals surface area contributed by atoms with Gasteiger partial charge in [0.25, 0.3) is 5.91 Å². The molecule has 4 rings (SSSR count). The van der Waals surface area contributed by atoms with Crippen LogP contribution in [0.5, 0.6) is 0 Å². The van der Waals surface area contributed by atoms with E-state index in [0.29, 0.717) is 52.4 Å². The van der Waals surface area contributed by atoms with Crippen molar-refractivity contribution in [3.8, 4) is 0 Å². The van der Waals surface area contributed by atoms with Crippen molar-refractivity contribution in [2.24, 2.45) is 7.05 Å². The second kappa shape index (κ2) is 6.95. The highest BCUT2D eigenvalue weighted by molar-refractivity contribution is 6.30. The first-order valence-electron chi connectivity index (χ1n) is 9.02. The monoisotopic (exact) mass is 399 g/mol. The number of halogens is 2. The maximum absolute atomic E-state index is 14.0. The molecule has 0 aliphatic carbocycles. The smallest absolute Gasteiger partial charge is 0.274 e. The third-order valence-electron chi connectivity index (χ3n) is 5.13. The maximum Gasteiger partial charge on any atom is 0.274 e. The Morgan fingerprint density at radius 1 is 1.21 bits per heavy atom. The van der Waals surface area contributed by atoms with E-state index in [-0.39, 0.29) is 11.8 Å². The van der Waals surface area contributed by atoms with Gasteiger partial charge in [-0.2, -0.15) is 0 Å². The summed E-state index contributed by atoms with van der Waals surface area (Å²) in [6.45, 7) is 2.36. The van der Waals surface area contributed by atoms with Crippen molar-refractivity contribution < 1.29 is 14.0 Å². The van der Waals surface area contributed by atoms with Crippen molar-refractivity contribution in [1.29, 1.82) is 0 Å². The number of fused-ring (bicyclic) bond motifs is 1. The van der Waals surface area contributed by atoms with Crippen LogP contribution in [0, 0.1) is 12.7 Å². The van der Waals surface area contributed by atoms with Crippen LogP contribution in [-0.4, -0.2) is 22.9 Å². The number of rotatable bonds is 3. The Kier molecular flexibility index (Phi) is 4.59. The van der Waals surface area contributed by atoms with Crippen LogP contribution in [0.2, 0.25) is 5.02 Å². The summed E-state index contributed by atoms with van der Waals surface area (Å²) < 4.78 is 15.7. The van der Waals surface area contributed by atoms with Gasteiger partial charge in [-0.25, -0.2) is 4.39 Å². The van der Waals surface area contributed by atoms with Crippen molar-refractivity contribution in [2.75, 3.05) is 16.8 Å². The van der Waals surface area contributed by atoms with Crippen LogP contribution in [0.15, 0.2) is 36.4 Å². The van der Waals surface area contributed by atoms with E-state index in [1.165, 1.54) is 12.1 Å². The van der Waals surface area contributed by atoms with Gasteiger partial charge in [-0.15, -0.1) is 0 Å². The summed E-state index contributed by atoms with van der Waals surface area (Å²) in [6.07, 6.45) is 1.13. The molecule has 1 saturated heterocycles. The highest BCUT2D eigenvalue weighted by Gasteiger charge is 2.31. The average Bonchev–Trinajstić information content (AvgIpc) is 3.18. The Morgan fingerprint density at radius 3 is 2.68 bits per heavy atom. The van der Waals surface area contributed by atoms with E-state index in [4.69, 9.17) is 11.6 Å². The van der Waals surface area contributed by atoms with Crippen molar-refractivity contribution in [3.05, 3.63) is 58.5 Å². The predicted octanol–water partition coefficient (Wildman–Crippen LogP) is 4.66. The lowest BCUT2D eigenvalue weighted by Crippen LogP contribution is -2.27. The van der Waals surface area contributed by atoms with Gasteiger partial charge < -0.3 is 14.8 Å². The Bertz CT molecular complexity index is 1120. The van der Waals surface area contributed by atoms with Crippen LogP contribution in [0.1, 0.15) is 28.9 Å². The number of hydrogen-bond acceptors (Lipinski definition) is 2. The van der Waals surface area contributed by atoms with Gasteiger partial charge in [0.1, 0.15) is 11.5 Å². The number of carbonyl (C=O) groups excluding carboxylic acids is 2. The minimum Gasteiger partial charge on any atom is -0.338 e. The summed E-state index contributed by atoms with van der Waals surface area (Å²) in [7, 11) is 1.74. The van der Waals surface area contributed by atoms with E-state index in [1.807, 2.05) is 6.92 Å². The van der Waals surface area contributed by atoms with Gasteiger partial charge in [-0.3, -0.25) is 9.59 Å². The second-order valence-electron chi connectivity index (χ2n) is 6.98. The zero-order valence-corrected chi connectivity index (χ0v) is 16.3. The number of benzene rings is 2. The van der Waals surface area contributed by atoms with Crippen molar-refractivity contribution >= 4 is 45.7 Å². The minimum absolute atomic E-state index is 0.0616. The fourth-order valence-electron chi connectivity index (χ4n) is 3.76. The summed E-state index contributed by atoms with van der Waals surface area (Å²) in [6, 6.07) is 9.55. The number of amides is 2. The SMILES string of the molecule is Cc1cc(Cl)ccc1NC(=O)c1c(N2CCCC2=O)c2cc(F)ccc2n1C. The van der Waals surface area contributed by atoms with Crippen molar-refractivity contribution in [3.63, 3.8) is 0 Å². The summed E-state index contributed by atoms with van der Waals surface area (Å²) in [5, 5.41) is 4.03. The van der Waals surface area contributed by atoms with E-state index in [0.717, 1.165) is 5.56 Å². The highest BCUT2D eigenvalue weighted by Crippen LogP contribution is 2.37. The van der Waals surface area contributed by atoms with Gasteiger partial charge in [-0.05, 0) is 55.3 Å². The Morgan fingerprint density at radius 2 is 2.00 bits per heavy atom. The molecule has 0 radical (unpaired) electrons. The number of anilines is 2. The molecular weight excluding hydrogens is 381 g/mol. The highest BCUT2D eigenvalue weighted by atomic mass is 35.5. The molecule has 3 aromatic rings. The number of nitrogens with zero attached hydrogens (tertiary/aromatic N) is 2. The van der Waals surface area contributed by atoms with Crippen LogP contribution < -0.4 is 10.2 Å². The van der Waals surface area contributed by atoms with Crippen molar-refractivity contribution in [2.45, 2.75) is 19.8 Å². The average molecular weight is 400 g/mol. The summed E-state index contributed by atoms with van der Waals surface area (Å²) in [5.74, 6) is -0.834. The van der Waals surface area contributed by atoms with Crippen LogP contribution in [-0.2, 0) is 11.8 Å². The van der Waals surface area contributed by atoms with Crippen molar-refractivity contribution in [1.82, 2.24) is 4.57 Å². The quantitative estimate of drug-likeness (QED) is 0.696. The molecule has 1 N–H and O–H groups in total. The molecule has 2 heterocycles. The van der Waals surface area contributed by atoms with Gasteiger partial charge in [0, 0.05) is 36.1 Å². The zero-order chi connectivity index (χ0) is 20.0. The lowest BCUT2D eigenvalue weighted by Gasteiger charge is -2.18. The first kappa shape index (κ1) is 18.5. The molecule has 144 valence electrons. The molecule has 0 saturated carbocycles. The van der Waals surface area contributed by atoms with Gasteiger partial charge in [0.15, 0.2) is 0 Å². The van der Waals surface area contributed by atoms with E-state index in [2.05, 4.69) is 5.32 Å². The van der Waals surface area contributed by atoms with Gasteiger partial charge in [-0.1, -0.05) is 11.6 Å². The van der Waals surface area contributed by atoms with Crippen LogP contribution >= 0.6 is 11.6 Å². The minimum atomic E-state index is -0.411. The predicted molar refractivity (Wildman–Crippen MR) is 109 cm³/mol. The normalized spacial score (nSPS) is 14.1. The number of nitrogens with one attached hydrogen (secondary N) is 1. The number of carbonyl (C=O) groups is 2. The van der Waals surface area contributed by atoms with Gasteiger partial charge in [0.05, 0.1) is 11.2 Å². The number of aryl methyl sites for hydroxylation is 2. The third kappa shape index (κ3) is 3.03. The molecule has 7 heteroatoms. The molecule has 1 aliphatic rings. The molecule has 28 heavy (non-hydrogen) atoms. The standard InChI is InChI=1S/C21H19ClFN3O2/c1-12-10-13(22)5-7-16(12)24-21(28)20-19(26-9-3-4-18(26)27)15-11-14(23)6-8-17(15)25(20)2/h5-8,10-11H,3-4,9H2,1-2H3,(H,24,28). The fraction of sp³-hybridized carbons (Fsp3) is 0.238. The topological polar surface area (TPSA) is 54.3 Å². The zero-order valence-electron chi connectivity index (χ0n) is 15.6. The number of aromatic nitrogens is 1. The van der Waals surface area contributed by atoms with Crippen LogP contribution in [0.4, 0.5) is 15.8 Å². The first-order valence-corrected chi connectivity index (χ1v) is 9.40. The molecule has 2 amide bonds. The molecule has 2 aromatic carbocycles. The molecule has 1 aliphatic heterocycles. The van der Waals surface area contributed by atoms with E-state index in [9.17, 15) is 14.0 Å². The Balaban J connectivity index is 1.86. The van der Waals surface area contributed by atoms with E-state index in [1.54, 1.807) is 40.8 Å². The maximum atomic E-state index is 14.0. The van der Waals surface area contributed by atoms with E-state index >= 15 is 0 Å². The Hall–Kier alpha value is -2.86. The van der Waals surface area contributed by atoms with Gasteiger partial charge in [0.2, 0.25) is 5.91 Å². The summed E-state index contributed by atoms with van der Waals surface area (Å²) in [5.41, 5.74) is 2.93. The summed E-state index contributed by atoms with van der Waals surface area (Å²) >= 11 is 5.99. The molecule has 0 spiro atoms. The van der Waals surface area contributed by atoms with Crippen LogP contribution in [0.3, 0.4) is 0 Å². The first-order chi connectivity index (χ1) is 13.4. The molecule has 1 fully saturated rings. The fourth-order valence-corrected chi connectivity index (χ4v) is 3.99. The summed E-state index contributed by atoms with van der Waals surface area (Å²) in [4.78, 5) is 27.2. The molecule has 0 bridgehead atoms. The second-order valence-corrected chi connectivity index (χ2v) is 7.42. The molecule has 0 unspecified atom stereocenters. The lowest BCUT2D eigenvalue weighted by atomic mass is 10.1. The van der Waals surface area contributed by atoms with Crippen LogP contribution in [0.25, 0.3) is 10.9 Å². The molecule has 0 atom stereocenters. The lowest BCUT2D eigenvalue weighted by molar-refractivity contribution is -0.117. The third-order valence-corrected chi connectivity index (χ3v) is 5.36. The largest absolute Gasteiger partial charge is 0.338 e. The molecule has 1 aromatic heterocycles. The van der Waals surface area contributed by atoms with E-state index < -0.39 is 5.82 Å². The Labute approximate surface area is 166 Å².